The first-order valence-electron chi connectivity index (χ1n) is 7.72. The van der Waals surface area contributed by atoms with Crippen LogP contribution in [0.2, 0.25) is 0 Å². The number of aromatic nitrogens is 3. The Hall–Kier alpha value is -2.66. The first kappa shape index (κ1) is 17.7. The van der Waals surface area contributed by atoms with Gasteiger partial charge in [-0.1, -0.05) is 6.07 Å². The third-order valence-corrected chi connectivity index (χ3v) is 6.57. The molecule has 1 aromatic carbocycles. The molecule has 3 N–H and O–H groups in total. The molecule has 0 saturated carbocycles. The Balaban J connectivity index is 1.56. The van der Waals surface area contributed by atoms with E-state index in [2.05, 4.69) is 20.3 Å². The standard InChI is InChI=1S/C17H13N5O2S3/c18-27(23,24)12-5-3-11(4-6-12)21-17-19-8-7-13(22-17)15-10-20-16(26-15)14-2-1-9-25-14/h1-10H,(H2,18,23,24)(H,19,21,22). The van der Waals surface area contributed by atoms with E-state index in [-0.39, 0.29) is 4.90 Å². The number of rotatable bonds is 5. The topological polar surface area (TPSA) is 111 Å². The van der Waals surface area contributed by atoms with Crippen molar-refractivity contribution in [3.63, 3.8) is 0 Å². The van der Waals surface area contributed by atoms with Gasteiger partial charge in [-0.2, -0.15) is 0 Å². The molecular weight excluding hydrogens is 402 g/mol. The number of thiazole rings is 1. The Morgan fingerprint density at radius 3 is 2.52 bits per heavy atom. The van der Waals surface area contributed by atoms with Crippen molar-refractivity contribution in [2.75, 3.05) is 5.32 Å². The van der Waals surface area contributed by atoms with Gasteiger partial charge in [-0.05, 0) is 41.8 Å². The highest BCUT2D eigenvalue weighted by Crippen LogP contribution is 2.33. The van der Waals surface area contributed by atoms with Crippen LogP contribution >= 0.6 is 22.7 Å². The van der Waals surface area contributed by atoms with Gasteiger partial charge in [0.05, 0.1) is 20.3 Å². The Kier molecular flexibility index (Phi) is 4.70. The summed E-state index contributed by atoms with van der Waals surface area (Å²) in [5, 5.41) is 11.1. The third-order valence-electron chi connectivity index (χ3n) is 3.58. The van der Waals surface area contributed by atoms with Gasteiger partial charge in [-0.25, -0.2) is 28.5 Å². The first-order valence-corrected chi connectivity index (χ1v) is 11.0. The molecule has 0 fully saturated rings. The molecule has 0 unspecified atom stereocenters. The van der Waals surface area contributed by atoms with Crippen LogP contribution in [-0.2, 0) is 10.0 Å². The number of thiophene rings is 1. The molecule has 0 aliphatic carbocycles. The second kappa shape index (κ2) is 7.16. The van der Waals surface area contributed by atoms with E-state index in [1.165, 1.54) is 12.1 Å². The van der Waals surface area contributed by atoms with Gasteiger partial charge in [0.2, 0.25) is 16.0 Å². The first-order chi connectivity index (χ1) is 13.0. The van der Waals surface area contributed by atoms with Crippen LogP contribution < -0.4 is 10.5 Å². The summed E-state index contributed by atoms with van der Waals surface area (Å²) in [4.78, 5) is 15.3. The molecule has 4 aromatic rings. The Bertz CT molecular complexity index is 1170. The number of primary sulfonamides is 1. The van der Waals surface area contributed by atoms with E-state index in [0.29, 0.717) is 11.6 Å². The van der Waals surface area contributed by atoms with E-state index >= 15 is 0 Å². The van der Waals surface area contributed by atoms with Gasteiger partial charge in [-0.15, -0.1) is 22.7 Å². The predicted octanol–water partition coefficient (Wildman–Crippen LogP) is 3.72. The quantitative estimate of drug-likeness (QED) is 0.514. The molecule has 0 aliphatic rings. The molecule has 3 heterocycles. The van der Waals surface area contributed by atoms with E-state index in [0.717, 1.165) is 20.5 Å². The summed E-state index contributed by atoms with van der Waals surface area (Å²) in [5.41, 5.74) is 1.41. The van der Waals surface area contributed by atoms with E-state index in [9.17, 15) is 8.42 Å². The summed E-state index contributed by atoms with van der Waals surface area (Å²) in [7, 11) is -3.72. The van der Waals surface area contributed by atoms with Crippen LogP contribution in [-0.4, -0.2) is 23.4 Å². The van der Waals surface area contributed by atoms with Crippen molar-refractivity contribution >= 4 is 44.3 Å². The molecule has 0 spiro atoms. The minimum atomic E-state index is -3.72. The number of sulfonamides is 1. The highest BCUT2D eigenvalue weighted by atomic mass is 32.2. The largest absolute Gasteiger partial charge is 0.324 e. The Morgan fingerprint density at radius 2 is 1.81 bits per heavy atom. The second-order valence-corrected chi connectivity index (χ2v) is 9.01. The van der Waals surface area contributed by atoms with Gasteiger partial charge in [0, 0.05) is 18.1 Å². The van der Waals surface area contributed by atoms with E-state index < -0.39 is 10.0 Å². The molecule has 0 radical (unpaired) electrons. The molecule has 0 aliphatic heterocycles. The summed E-state index contributed by atoms with van der Waals surface area (Å²) in [6.45, 7) is 0. The zero-order chi connectivity index (χ0) is 18.9. The fraction of sp³-hybridized carbons (Fsp3) is 0. The van der Waals surface area contributed by atoms with Gasteiger partial charge in [0.15, 0.2) is 0 Å². The van der Waals surface area contributed by atoms with Crippen LogP contribution in [0.4, 0.5) is 11.6 Å². The second-order valence-electron chi connectivity index (χ2n) is 5.47. The fourth-order valence-corrected chi connectivity index (χ4v) is 4.53. The molecule has 4 rings (SSSR count). The van der Waals surface area contributed by atoms with Gasteiger partial charge in [0.1, 0.15) is 5.01 Å². The lowest BCUT2D eigenvalue weighted by atomic mass is 10.3. The van der Waals surface area contributed by atoms with Crippen LogP contribution in [0.5, 0.6) is 0 Å². The average Bonchev–Trinajstić information content (AvgIpc) is 3.33. The van der Waals surface area contributed by atoms with E-state index in [4.69, 9.17) is 5.14 Å². The minimum absolute atomic E-state index is 0.0495. The number of nitrogens with one attached hydrogen (secondary N) is 1. The maximum Gasteiger partial charge on any atom is 0.238 e. The number of hydrogen-bond acceptors (Lipinski definition) is 8. The van der Waals surface area contributed by atoms with Gasteiger partial charge in [-0.3, -0.25) is 0 Å². The summed E-state index contributed by atoms with van der Waals surface area (Å²) in [6, 6.07) is 11.9. The molecule has 27 heavy (non-hydrogen) atoms. The lowest BCUT2D eigenvalue weighted by Gasteiger charge is -2.06. The van der Waals surface area contributed by atoms with E-state index in [1.54, 1.807) is 47.2 Å². The Morgan fingerprint density at radius 1 is 1.00 bits per heavy atom. The van der Waals surface area contributed by atoms with Crippen molar-refractivity contribution in [2.45, 2.75) is 4.90 Å². The minimum Gasteiger partial charge on any atom is -0.324 e. The normalized spacial score (nSPS) is 11.4. The van der Waals surface area contributed by atoms with Crippen LogP contribution in [0, 0.1) is 0 Å². The number of nitrogens with two attached hydrogens (primary N) is 1. The molecule has 0 bridgehead atoms. The molecule has 10 heteroatoms. The van der Waals surface area contributed by atoms with Crippen molar-refractivity contribution in [3.05, 3.63) is 60.2 Å². The summed E-state index contributed by atoms with van der Waals surface area (Å²) >= 11 is 3.21. The molecule has 7 nitrogen and oxygen atoms in total. The predicted molar refractivity (Wildman–Crippen MR) is 108 cm³/mol. The van der Waals surface area contributed by atoms with Crippen molar-refractivity contribution in [1.82, 2.24) is 15.0 Å². The van der Waals surface area contributed by atoms with Crippen molar-refractivity contribution in [3.8, 4) is 20.5 Å². The molecule has 0 saturated heterocycles. The Labute approximate surface area is 163 Å². The molecular formula is C17H13N5O2S3. The van der Waals surface area contributed by atoms with E-state index in [1.807, 2.05) is 23.6 Å². The summed E-state index contributed by atoms with van der Waals surface area (Å²) < 4.78 is 22.6. The van der Waals surface area contributed by atoms with Crippen molar-refractivity contribution in [1.29, 1.82) is 0 Å². The van der Waals surface area contributed by atoms with Crippen molar-refractivity contribution in [2.24, 2.45) is 5.14 Å². The lowest BCUT2D eigenvalue weighted by molar-refractivity contribution is 0.598. The number of hydrogen-bond donors (Lipinski definition) is 2. The maximum atomic E-state index is 11.3. The smallest absolute Gasteiger partial charge is 0.238 e. The van der Waals surface area contributed by atoms with Crippen LogP contribution in [0.25, 0.3) is 20.5 Å². The van der Waals surface area contributed by atoms with Crippen LogP contribution in [0.3, 0.4) is 0 Å². The summed E-state index contributed by atoms with van der Waals surface area (Å²) in [5.74, 6) is 0.405. The molecule has 136 valence electrons. The van der Waals surface area contributed by atoms with Gasteiger partial charge in [0.25, 0.3) is 0 Å². The fourth-order valence-electron chi connectivity index (χ4n) is 2.32. The van der Waals surface area contributed by atoms with Gasteiger partial charge < -0.3 is 5.32 Å². The lowest BCUT2D eigenvalue weighted by Crippen LogP contribution is -2.11. The maximum absolute atomic E-state index is 11.3. The SMILES string of the molecule is NS(=O)(=O)c1ccc(Nc2nccc(-c3cnc(-c4cccs4)s3)n2)cc1. The van der Waals surface area contributed by atoms with Gasteiger partial charge >= 0.3 is 0 Å². The number of anilines is 2. The summed E-state index contributed by atoms with van der Waals surface area (Å²) in [6.07, 6.45) is 3.46. The van der Waals surface area contributed by atoms with Crippen molar-refractivity contribution < 1.29 is 8.42 Å². The zero-order valence-corrected chi connectivity index (χ0v) is 16.2. The zero-order valence-electron chi connectivity index (χ0n) is 13.7. The molecule has 0 amide bonds. The highest BCUT2D eigenvalue weighted by molar-refractivity contribution is 7.89. The van der Waals surface area contributed by atoms with Crippen LogP contribution in [0.15, 0.2) is 65.1 Å². The number of nitrogens with zero attached hydrogens (tertiary/aromatic N) is 3. The monoisotopic (exact) mass is 415 g/mol. The van der Waals surface area contributed by atoms with Crippen LogP contribution in [0.1, 0.15) is 0 Å². The third kappa shape index (κ3) is 4.03. The highest BCUT2D eigenvalue weighted by Gasteiger charge is 2.10. The average molecular weight is 416 g/mol. The molecule has 3 aromatic heterocycles. The number of benzene rings is 1. The molecule has 0 atom stereocenters.